The van der Waals surface area contributed by atoms with E-state index in [2.05, 4.69) is 32.7 Å². The lowest BCUT2D eigenvalue weighted by Crippen LogP contribution is -2.28. The van der Waals surface area contributed by atoms with Crippen LogP contribution in [0.5, 0.6) is 0 Å². The number of hydrogen-bond acceptors (Lipinski definition) is 4. The Bertz CT molecular complexity index is 1180. The minimum Gasteiger partial charge on any atom is -0.363 e. The fraction of sp³-hybridized carbons (Fsp3) is 0.174. The number of anilines is 2. The molecule has 152 valence electrons. The van der Waals surface area contributed by atoms with Gasteiger partial charge in [0.25, 0.3) is 0 Å². The number of fused-ring (bicyclic) bond motifs is 1. The molecule has 0 fully saturated rings. The van der Waals surface area contributed by atoms with E-state index < -0.39 is 0 Å². The van der Waals surface area contributed by atoms with Crippen molar-refractivity contribution in [2.45, 2.75) is 6.92 Å². The second-order valence-electron chi connectivity index (χ2n) is 7.15. The second-order valence-corrected chi connectivity index (χ2v) is 7.15. The van der Waals surface area contributed by atoms with Crippen molar-refractivity contribution in [2.24, 2.45) is 0 Å². The molecule has 0 spiro atoms. The molecule has 0 unspecified atom stereocenters. The van der Waals surface area contributed by atoms with Crippen LogP contribution in [0, 0.1) is 0 Å². The van der Waals surface area contributed by atoms with Crippen LogP contribution >= 0.6 is 0 Å². The third-order valence-corrected chi connectivity index (χ3v) is 4.81. The topological polar surface area (TPSA) is 74.6 Å². The van der Waals surface area contributed by atoms with Gasteiger partial charge in [-0.1, -0.05) is 12.1 Å². The summed E-state index contributed by atoms with van der Waals surface area (Å²) in [6.45, 7) is 2.46. The van der Waals surface area contributed by atoms with Crippen molar-refractivity contribution >= 4 is 23.2 Å². The standard InChI is InChI=1S/C23H24N6O/c1-4-24-23(30)27-19-7-5-6-17(12-19)20-15-26-22-13-16(10-11-29(20)22)18-8-9-21(25-14-18)28(2)3/h5-15H,4H2,1-3H3,(H2,24,27,30). The number of carbonyl (C=O) groups excluding carboxylic acids is 1. The predicted octanol–water partition coefficient (Wildman–Crippen LogP) is 4.27. The summed E-state index contributed by atoms with van der Waals surface area (Å²) in [4.78, 5) is 22.9. The first kappa shape index (κ1) is 19.4. The molecule has 0 bridgehead atoms. The third kappa shape index (κ3) is 3.96. The van der Waals surface area contributed by atoms with Gasteiger partial charge in [-0.25, -0.2) is 14.8 Å². The lowest BCUT2D eigenvalue weighted by molar-refractivity contribution is 0.252. The van der Waals surface area contributed by atoms with E-state index in [4.69, 9.17) is 0 Å². The molecule has 2 N–H and O–H groups in total. The number of rotatable bonds is 5. The maximum Gasteiger partial charge on any atom is 0.319 e. The molecule has 0 aliphatic rings. The van der Waals surface area contributed by atoms with Crippen molar-refractivity contribution in [3.8, 4) is 22.4 Å². The molecule has 1 aromatic carbocycles. The summed E-state index contributed by atoms with van der Waals surface area (Å²) in [6.07, 6.45) is 5.73. The average molecular weight is 400 g/mol. The van der Waals surface area contributed by atoms with Crippen LogP contribution in [0.2, 0.25) is 0 Å². The minimum absolute atomic E-state index is 0.216. The quantitative estimate of drug-likeness (QED) is 0.525. The summed E-state index contributed by atoms with van der Waals surface area (Å²) < 4.78 is 2.04. The maximum absolute atomic E-state index is 11.8. The van der Waals surface area contributed by atoms with Crippen molar-refractivity contribution in [2.75, 3.05) is 30.9 Å². The number of amides is 2. The number of imidazole rings is 1. The van der Waals surface area contributed by atoms with Crippen LogP contribution in [0.15, 0.2) is 67.1 Å². The van der Waals surface area contributed by atoms with Gasteiger partial charge in [0.1, 0.15) is 11.5 Å². The molecule has 30 heavy (non-hydrogen) atoms. The number of nitrogens with zero attached hydrogens (tertiary/aromatic N) is 4. The smallest absolute Gasteiger partial charge is 0.319 e. The number of benzene rings is 1. The van der Waals surface area contributed by atoms with E-state index in [9.17, 15) is 4.79 Å². The Labute approximate surface area is 175 Å². The SMILES string of the molecule is CCNC(=O)Nc1cccc(-c2cnc3cc(-c4ccc(N(C)C)nc4)ccn23)c1. The number of nitrogens with one attached hydrogen (secondary N) is 2. The van der Waals surface area contributed by atoms with Crippen LogP contribution in [0.4, 0.5) is 16.3 Å². The number of hydrogen-bond donors (Lipinski definition) is 2. The first-order valence-electron chi connectivity index (χ1n) is 9.81. The molecule has 0 atom stereocenters. The molecular formula is C23H24N6O. The summed E-state index contributed by atoms with van der Waals surface area (Å²) >= 11 is 0. The van der Waals surface area contributed by atoms with E-state index in [1.54, 1.807) is 0 Å². The first-order chi connectivity index (χ1) is 14.5. The van der Waals surface area contributed by atoms with E-state index in [-0.39, 0.29) is 6.03 Å². The molecule has 0 aliphatic carbocycles. The lowest BCUT2D eigenvalue weighted by atomic mass is 10.1. The highest BCUT2D eigenvalue weighted by Gasteiger charge is 2.09. The zero-order valence-corrected chi connectivity index (χ0v) is 17.3. The van der Waals surface area contributed by atoms with Crippen molar-refractivity contribution in [3.63, 3.8) is 0 Å². The van der Waals surface area contributed by atoms with Crippen molar-refractivity contribution in [1.29, 1.82) is 0 Å². The number of urea groups is 1. The number of carbonyl (C=O) groups is 1. The lowest BCUT2D eigenvalue weighted by Gasteiger charge is -2.11. The summed E-state index contributed by atoms with van der Waals surface area (Å²) in [6, 6.07) is 15.7. The summed E-state index contributed by atoms with van der Waals surface area (Å²) in [5, 5.41) is 5.58. The van der Waals surface area contributed by atoms with Crippen molar-refractivity contribution in [1.82, 2.24) is 19.7 Å². The summed E-state index contributed by atoms with van der Waals surface area (Å²) in [5.74, 6) is 0.920. The number of aromatic nitrogens is 3. The van der Waals surface area contributed by atoms with Crippen molar-refractivity contribution in [3.05, 3.63) is 67.1 Å². The number of pyridine rings is 2. The van der Waals surface area contributed by atoms with Gasteiger partial charge in [-0.15, -0.1) is 0 Å². The van der Waals surface area contributed by atoms with Crippen LogP contribution in [0.25, 0.3) is 28.0 Å². The molecular weight excluding hydrogens is 376 g/mol. The zero-order chi connectivity index (χ0) is 21.1. The Morgan fingerprint density at radius 3 is 2.60 bits per heavy atom. The fourth-order valence-corrected chi connectivity index (χ4v) is 3.29. The molecule has 7 nitrogen and oxygen atoms in total. The van der Waals surface area contributed by atoms with Gasteiger partial charge in [-0.05, 0) is 48.9 Å². The van der Waals surface area contributed by atoms with Gasteiger partial charge in [-0.3, -0.25) is 4.40 Å². The van der Waals surface area contributed by atoms with Gasteiger partial charge in [0.15, 0.2) is 0 Å². The third-order valence-electron chi connectivity index (χ3n) is 4.81. The van der Waals surface area contributed by atoms with Gasteiger partial charge < -0.3 is 15.5 Å². The highest BCUT2D eigenvalue weighted by atomic mass is 16.2. The van der Waals surface area contributed by atoms with Crippen LogP contribution in [0.1, 0.15) is 6.92 Å². The zero-order valence-electron chi connectivity index (χ0n) is 17.3. The molecule has 4 aromatic rings. The minimum atomic E-state index is -0.216. The Morgan fingerprint density at radius 2 is 1.87 bits per heavy atom. The molecule has 0 aliphatic heterocycles. The molecule has 3 heterocycles. The largest absolute Gasteiger partial charge is 0.363 e. The highest BCUT2D eigenvalue weighted by Crippen LogP contribution is 2.27. The fourth-order valence-electron chi connectivity index (χ4n) is 3.29. The predicted molar refractivity (Wildman–Crippen MR) is 121 cm³/mol. The van der Waals surface area contributed by atoms with Crippen LogP contribution in [0.3, 0.4) is 0 Å². The molecule has 7 heteroatoms. The molecule has 2 amide bonds. The average Bonchev–Trinajstić information content (AvgIpc) is 3.17. The Balaban J connectivity index is 1.63. The molecule has 0 radical (unpaired) electrons. The molecule has 3 aromatic heterocycles. The maximum atomic E-state index is 11.8. The van der Waals surface area contributed by atoms with Gasteiger partial charge in [0, 0.05) is 49.8 Å². The Morgan fingerprint density at radius 1 is 1.00 bits per heavy atom. The van der Waals surface area contributed by atoms with E-state index in [0.717, 1.165) is 39.5 Å². The molecule has 4 rings (SSSR count). The normalized spacial score (nSPS) is 10.8. The Hall–Kier alpha value is -3.87. The van der Waals surface area contributed by atoms with Crippen LogP contribution < -0.4 is 15.5 Å². The monoisotopic (exact) mass is 400 g/mol. The van der Waals surface area contributed by atoms with Crippen LogP contribution in [-0.4, -0.2) is 41.0 Å². The molecule has 0 saturated carbocycles. The Kier molecular flexibility index (Phi) is 5.34. The first-order valence-corrected chi connectivity index (χ1v) is 9.81. The summed E-state index contributed by atoms with van der Waals surface area (Å²) in [7, 11) is 3.95. The summed E-state index contributed by atoms with van der Waals surface area (Å²) in [5.41, 5.74) is 5.61. The highest BCUT2D eigenvalue weighted by molar-refractivity contribution is 5.90. The van der Waals surface area contributed by atoms with E-state index >= 15 is 0 Å². The van der Waals surface area contributed by atoms with Crippen LogP contribution in [-0.2, 0) is 0 Å². The van der Waals surface area contributed by atoms with E-state index in [1.165, 1.54) is 0 Å². The van der Waals surface area contributed by atoms with Gasteiger partial charge in [-0.2, -0.15) is 0 Å². The van der Waals surface area contributed by atoms with Gasteiger partial charge in [0.05, 0.1) is 11.9 Å². The van der Waals surface area contributed by atoms with Gasteiger partial charge in [0.2, 0.25) is 0 Å². The van der Waals surface area contributed by atoms with Gasteiger partial charge >= 0.3 is 6.03 Å². The second kappa shape index (κ2) is 8.24. The van der Waals surface area contributed by atoms with E-state index in [0.29, 0.717) is 6.54 Å². The van der Waals surface area contributed by atoms with Crippen molar-refractivity contribution < 1.29 is 4.79 Å². The molecule has 0 saturated heterocycles. The van der Waals surface area contributed by atoms with E-state index in [1.807, 2.05) is 85.3 Å².